The number of hydrogen-bond acceptors (Lipinski definition) is 4. The van der Waals surface area contributed by atoms with Crippen molar-refractivity contribution in [1.29, 1.82) is 0 Å². The number of pyridine rings is 1. The predicted octanol–water partition coefficient (Wildman–Crippen LogP) is 1.63. The highest BCUT2D eigenvalue weighted by molar-refractivity contribution is 7.92. The van der Waals surface area contributed by atoms with Crippen molar-refractivity contribution in [3.63, 3.8) is 0 Å². The van der Waals surface area contributed by atoms with Crippen molar-refractivity contribution in [3.05, 3.63) is 23.9 Å². The van der Waals surface area contributed by atoms with Crippen molar-refractivity contribution in [2.45, 2.75) is 25.5 Å². The predicted molar refractivity (Wildman–Crippen MR) is 66.4 cm³/mol. The van der Waals surface area contributed by atoms with E-state index in [0.717, 1.165) is 5.69 Å². The van der Waals surface area contributed by atoms with Crippen molar-refractivity contribution >= 4 is 15.7 Å². The quantitative estimate of drug-likeness (QED) is 0.871. The summed E-state index contributed by atoms with van der Waals surface area (Å²) in [4.78, 5) is 4.25. The summed E-state index contributed by atoms with van der Waals surface area (Å²) in [6.07, 6.45) is 1.25. The van der Waals surface area contributed by atoms with Crippen LogP contribution in [0.2, 0.25) is 0 Å². The lowest BCUT2D eigenvalue weighted by Crippen LogP contribution is -2.38. The molecule has 0 aromatic carbocycles. The fourth-order valence-electron chi connectivity index (χ4n) is 1.08. The van der Waals surface area contributed by atoms with Gasteiger partial charge in [-0.15, -0.1) is 0 Å². The maximum absolute atomic E-state index is 11.5. The molecule has 0 amide bonds. The molecule has 0 saturated heterocycles. The van der Waals surface area contributed by atoms with Crippen LogP contribution in [0.1, 0.15) is 19.5 Å². The summed E-state index contributed by atoms with van der Waals surface area (Å²) in [5.41, 5.74) is 0.905. The summed E-state index contributed by atoms with van der Waals surface area (Å²) in [6, 6.07) is 5.61. The number of rotatable bonds is 4. The van der Waals surface area contributed by atoms with E-state index in [1.165, 1.54) is 6.26 Å². The van der Waals surface area contributed by atoms with Crippen molar-refractivity contribution in [2.75, 3.05) is 18.1 Å². The van der Waals surface area contributed by atoms with E-state index in [-0.39, 0.29) is 0 Å². The van der Waals surface area contributed by atoms with Gasteiger partial charge in [-0.05, 0) is 32.9 Å². The van der Waals surface area contributed by atoms with E-state index >= 15 is 0 Å². The summed E-state index contributed by atoms with van der Waals surface area (Å²) >= 11 is 0. The standard InChI is InChI=1S/C11H18N2O2S/c1-9-6-5-7-10(13-9)12-8-11(2,3)16(4,14)15/h5-7H,8H2,1-4H3,(H,12,13). The molecule has 0 saturated carbocycles. The van der Waals surface area contributed by atoms with Gasteiger partial charge < -0.3 is 5.32 Å². The molecule has 0 unspecified atom stereocenters. The number of aryl methyl sites for hydroxylation is 1. The Kier molecular flexibility index (Phi) is 3.57. The van der Waals surface area contributed by atoms with Crippen LogP contribution in [-0.2, 0) is 9.84 Å². The molecular weight excluding hydrogens is 224 g/mol. The first-order valence-corrected chi connectivity index (χ1v) is 6.99. The van der Waals surface area contributed by atoms with E-state index in [9.17, 15) is 8.42 Å². The Balaban J connectivity index is 2.72. The van der Waals surface area contributed by atoms with Crippen LogP contribution in [0.15, 0.2) is 18.2 Å². The zero-order valence-corrected chi connectivity index (χ0v) is 10.9. The van der Waals surface area contributed by atoms with E-state index in [1.54, 1.807) is 13.8 Å². The van der Waals surface area contributed by atoms with Gasteiger partial charge in [0.15, 0.2) is 9.84 Å². The number of nitrogens with zero attached hydrogens (tertiary/aromatic N) is 1. The first-order valence-electron chi connectivity index (χ1n) is 5.09. The lowest BCUT2D eigenvalue weighted by Gasteiger charge is -2.23. The molecule has 4 nitrogen and oxygen atoms in total. The molecule has 0 aliphatic carbocycles. The molecule has 1 rings (SSSR count). The molecule has 16 heavy (non-hydrogen) atoms. The summed E-state index contributed by atoms with van der Waals surface area (Å²) < 4.78 is 22.2. The van der Waals surface area contributed by atoms with Crippen LogP contribution in [0.4, 0.5) is 5.82 Å². The molecule has 0 spiro atoms. The largest absolute Gasteiger partial charge is 0.368 e. The number of anilines is 1. The van der Waals surface area contributed by atoms with Gasteiger partial charge in [-0.2, -0.15) is 0 Å². The molecular formula is C11H18N2O2S. The summed E-state index contributed by atoms with van der Waals surface area (Å²) in [5.74, 6) is 0.705. The monoisotopic (exact) mass is 242 g/mol. The Hall–Kier alpha value is -1.10. The Morgan fingerprint density at radius 3 is 2.50 bits per heavy atom. The average molecular weight is 242 g/mol. The average Bonchev–Trinajstić information content (AvgIpc) is 2.13. The number of sulfone groups is 1. The van der Waals surface area contributed by atoms with Crippen LogP contribution < -0.4 is 5.32 Å². The van der Waals surface area contributed by atoms with E-state index in [1.807, 2.05) is 25.1 Å². The van der Waals surface area contributed by atoms with Gasteiger partial charge in [0.1, 0.15) is 5.82 Å². The third-order valence-corrected chi connectivity index (χ3v) is 4.74. The van der Waals surface area contributed by atoms with Gasteiger partial charge in [0, 0.05) is 18.5 Å². The van der Waals surface area contributed by atoms with Gasteiger partial charge in [-0.3, -0.25) is 0 Å². The fourth-order valence-corrected chi connectivity index (χ4v) is 1.41. The topological polar surface area (TPSA) is 59.1 Å². The SMILES string of the molecule is Cc1cccc(NCC(C)(C)S(C)(=O)=O)n1. The molecule has 0 aliphatic rings. The van der Waals surface area contributed by atoms with Gasteiger partial charge in [0.25, 0.3) is 0 Å². The lowest BCUT2D eigenvalue weighted by molar-refractivity contribution is 0.559. The minimum Gasteiger partial charge on any atom is -0.368 e. The first kappa shape index (κ1) is 13.0. The van der Waals surface area contributed by atoms with E-state index in [4.69, 9.17) is 0 Å². The number of nitrogens with one attached hydrogen (secondary N) is 1. The molecule has 0 radical (unpaired) electrons. The minimum absolute atomic E-state index is 0.349. The van der Waals surface area contributed by atoms with Gasteiger partial charge >= 0.3 is 0 Å². The second kappa shape index (κ2) is 4.41. The smallest absolute Gasteiger partial charge is 0.154 e. The van der Waals surface area contributed by atoms with Gasteiger partial charge in [0.2, 0.25) is 0 Å². The van der Waals surface area contributed by atoms with Crippen molar-refractivity contribution < 1.29 is 8.42 Å². The Bertz CT molecular complexity index is 467. The highest BCUT2D eigenvalue weighted by Crippen LogP contribution is 2.16. The zero-order chi connectivity index (χ0) is 12.4. The molecule has 1 N–H and O–H groups in total. The van der Waals surface area contributed by atoms with Gasteiger partial charge in [-0.1, -0.05) is 6.07 Å². The summed E-state index contributed by atoms with van der Waals surface area (Å²) in [7, 11) is -3.07. The highest BCUT2D eigenvalue weighted by Gasteiger charge is 2.29. The van der Waals surface area contributed by atoms with Crippen LogP contribution in [0.5, 0.6) is 0 Å². The molecule has 0 atom stereocenters. The number of aromatic nitrogens is 1. The first-order chi connectivity index (χ1) is 7.22. The van der Waals surface area contributed by atoms with Gasteiger partial charge in [-0.25, -0.2) is 13.4 Å². The Morgan fingerprint density at radius 2 is 2.00 bits per heavy atom. The Morgan fingerprint density at radius 1 is 1.38 bits per heavy atom. The van der Waals surface area contributed by atoms with Crippen molar-refractivity contribution in [2.24, 2.45) is 0 Å². The second-order valence-corrected chi connectivity index (χ2v) is 7.20. The van der Waals surface area contributed by atoms with Crippen LogP contribution in [0.3, 0.4) is 0 Å². The Labute approximate surface area is 97.0 Å². The van der Waals surface area contributed by atoms with E-state index in [0.29, 0.717) is 12.4 Å². The zero-order valence-electron chi connectivity index (χ0n) is 10.1. The third kappa shape index (κ3) is 3.20. The number of hydrogen-bond donors (Lipinski definition) is 1. The second-order valence-electron chi connectivity index (χ2n) is 4.55. The third-order valence-electron chi connectivity index (χ3n) is 2.59. The van der Waals surface area contributed by atoms with Crippen LogP contribution >= 0.6 is 0 Å². The maximum Gasteiger partial charge on any atom is 0.154 e. The summed E-state index contributed by atoms with van der Waals surface area (Å²) in [6.45, 7) is 5.64. The van der Waals surface area contributed by atoms with Crippen LogP contribution in [0.25, 0.3) is 0 Å². The molecule has 0 fully saturated rings. The normalized spacial score (nSPS) is 12.5. The summed E-state index contributed by atoms with van der Waals surface area (Å²) in [5, 5.41) is 3.04. The highest BCUT2D eigenvalue weighted by atomic mass is 32.2. The molecule has 1 heterocycles. The van der Waals surface area contributed by atoms with Crippen LogP contribution in [0, 0.1) is 6.92 Å². The van der Waals surface area contributed by atoms with E-state index in [2.05, 4.69) is 10.3 Å². The van der Waals surface area contributed by atoms with Crippen molar-refractivity contribution in [3.8, 4) is 0 Å². The molecule has 1 aromatic heterocycles. The fraction of sp³-hybridized carbons (Fsp3) is 0.545. The molecule has 90 valence electrons. The minimum atomic E-state index is -3.07. The van der Waals surface area contributed by atoms with Crippen LogP contribution in [-0.4, -0.2) is 30.9 Å². The van der Waals surface area contributed by atoms with E-state index < -0.39 is 14.6 Å². The molecule has 5 heteroatoms. The lowest BCUT2D eigenvalue weighted by atomic mass is 10.2. The maximum atomic E-state index is 11.5. The molecule has 1 aromatic rings. The van der Waals surface area contributed by atoms with Gasteiger partial charge in [0.05, 0.1) is 4.75 Å². The molecule has 0 bridgehead atoms. The van der Waals surface area contributed by atoms with Crippen molar-refractivity contribution in [1.82, 2.24) is 4.98 Å². The molecule has 0 aliphatic heterocycles.